The lowest BCUT2D eigenvalue weighted by Gasteiger charge is -2.18. The minimum Gasteiger partial charge on any atom is -0.465 e. The number of hydrogen-bond donors (Lipinski definition) is 2. The molecule has 1 aromatic heterocycles. The normalized spacial score (nSPS) is 13.2. The third-order valence-electron chi connectivity index (χ3n) is 2.27. The summed E-state index contributed by atoms with van der Waals surface area (Å²) in [6, 6.07) is 3.30. The Bertz CT molecular complexity index is 341. The molecule has 88 valence electrons. The molecule has 1 rings (SSSR count). The van der Waals surface area contributed by atoms with Crippen molar-refractivity contribution in [1.29, 1.82) is 0 Å². The highest BCUT2D eigenvalue weighted by atomic mass is 16.3. The van der Waals surface area contributed by atoms with E-state index in [2.05, 4.69) is 5.32 Å². The van der Waals surface area contributed by atoms with Crippen LogP contribution in [0.2, 0.25) is 0 Å². The van der Waals surface area contributed by atoms with Crippen molar-refractivity contribution < 1.29 is 14.3 Å². The van der Waals surface area contributed by atoms with Gasteiger partial charge in [-0.25, -0.2) is 0 Å². The summed E-state index contributed by atoms with van der Waals surface area (Å²) in [6.45, 7) is 3.83. The van der Waals surface area contributed by atoms with E-state index in [0.29, 0.717) is 5.76 Å². The summed E-state index contributed by atoms with van der Waals surface area (Å²) in [5.41, 5.74) is 0. The second kappa shape index (κ2) is 6.12. The fourth-order valence-corrected chi connectivity index (χ4v) is 1.20. The molecule has 0 aliphatic rings. The van der Waals surface area contributed by atoms with Crippen molar-refractivity contribution in [3.8, 4) is 0 Å². The Balaban J connectivity index is 2.47. The fraction of sp³-hybridized carbons (Fsp3) is 0.417. The number of carbonyl (C=O) groups is 1. The minimum atomic E-state index is -0.232. The van der Waals surface area contributed by atoms with Gasteiger partial charge in [0.2, 0.25) is 5.91 Å². The first-order chi connectivity index (χ1) is 7.63. The lowest BCUT2D eigenvalue weighted by Crippen LogP contribution is -2.40. The third-order valence-corrected chi connectivity index (χ3v) is 2.27. The van der Waals surface area contributed by atoms with Crippen molar-refractivity contribution in [2.75, 3.05) is 6.61 Å². The SMILES string of the molecule is CC(C)C(CO)NC(=O)C=Cc1ccco1. The van der Waals surface area contributed by atoms with Crippen LogP contribution in [0.15, 0.2) is 28.9 Å². The van der Waals surface area contributed by atoms with Gasteiger partial charge in [-0.1, -0.05) is 13.8 Å². The predicted molar refractivity (Wildman–Crippen MR) is 61.6 cm³/mol. The summed E-state index contributed by atoms with van der Waals surface area (Å²) in [4.78, 5) is 11.5. The standard InChI is InChI=1S/C12H17NO3/c1-9(2)11(8-14)13-12(15)6-5-10-4-3-7-16-10/h3-7,9,11,14H,8H2,1-2H3,(H,13,15). The molecule has 0 bridgehead atoms. The van der Waals surface area contributed by atoms with Crippen LogP contribution in [-0.2, 0) is 4.79 Å². The average molecular weight is 223 g/mol. The minimum absolute atomic E-state index is 0.0575. The lowest BCUT2D eigenvalue weighted by atomic mass is 10.1. The van der Waals surface area contributed by atoms with E-state index in [0.717, 1.165) is 0 Å². The number of aliphatic hydroxyl groups excluding tert-OH is 1. The van der Waals surface area contributed by atoms with E-state index in [1.807, 2.05) is 13.8 Å². The molecule has 0 aliphatic carbocycles. The zero-order chi connectivity index (χ0) is 12.0. The first-order valence-electron chi connectivity index (χ1n) is 5.26. The first-order valence-corrected chi connectivity index (χ1v) is 5.26. The van der Waals surface area contributed by atoms with Crippen LogP contribution in [0.25, 0.3) is 6.08 Å². The maximum Gasteiger partial charge on any atom is 0.244 e. The maximum absolute atomic E-state index is 11.5. The molecule has 4 nitrogen and oxygen atoms in total. The van der Waals surface area contributed by atoms with Crippen LogP contribution in [-0.4, -0.2) is 23.7 Å². The molecule has 1 heterocycles. The number of rotatable bonds is 5. The number of furan rings is 1. The van der Waals surface area contributed by atoms with Crippen molar-refractivity contribution in [1.82, 2.24) is 5.32 Å². The molecular formula is C12H17NO3. The summed E-state index contributed by atoms with van der Waals surface area (Å²) in [5.74, 6) is 0.593. The molecule has 0 fully saturated rings. The zero-order valence-corrected chi connectivity index (χ0v) is 9.51. The summed E-state index contributed by atoms with van der Waals surface area (Å²) in [6.07, 6.45) is 4.52. The largest absolute Gasteiger partial charge is 0.465 e. The van der Waals surface area contributed by atoms with Gasteiger partial charge in [0.05, 0.1) is 18.9 Å². The van der Waals surface area contributed by atoms with Gasteiger partial charge in [-0.2, -0.15) is 0 Å². The number of amides is 1. The van der Waals surface area contributed by atoms with Crippen LogP contribution in [0.4, 0.5) is 0 Å². The highest BCUT2D eigenvalue weighted by Gasteiger charge is 2.13. The predicted octanol–water partition coefficient (Wildman–Crippen LogP) is 1.43. The quantitative estimate of drug-likeness (QED) is 0.742. The van der Waals surface area contributed by atoms with Crippen LogP contribution < -0.4 is 5.32 Å². The number of nitrogens with one attached hydrogen (secondary N) is 1. The molecule has 0 aliphatic heterocycles. The van der Waals surface area contributed by atoms with Gasteiger partial charge in [0.1, 0.15) is 5.76 Å². The van der Waals surface area contributed by atoms with Gasteiger partial charge >= 0.3 is 0 Å². The monoisotopic (exact) mass is 223 g/mol. The van der Waals surface area contributed by atoms with Crippen molar-refractivity contribution in [3.05, 3.63) is 30.2 Å². The molecule has 0 saturated heterocycles. The topological polar surface area (TPSA) is 62.5 Å². The summed E-state index contributed by atoms with van der Waals surface area (Å²) >= 11 is 0. The van der Waals surface area contributed by atoms with Crippen molar-refractivity contribution in [2.24, 2.45) is 5.92 Å². The molecule has 16 heavy (non-hydrogen) atoms. The molecule has 0 spiro atoms. The Morgan fingerprint density at radius 3 is 2.88 bits per heavy atom. The van der Waals surface area contributed by atoms with E-state index in [9.17, 15) is 4.79 Å². The van der Waals surface area contributed by atoms with E-state index in [1.54, 1.807) is 24.5 Å². The Kier molecular flexibility index (Phi) is 4.79. The van der Waals surface area contributed by atoms with Gasteiger partial charge in [-0.05, 0) is 24.1 Å². The highest BCUT2D eigenvalue weighted by molar-refractivity contribution is 5.91. The van der Waals surface area contributed by atoms with Gasteiger partial charge in [0.25, 0.3) is 0 Å². The second-order valence-electron chi connectivity index (χ2n) is 3.89. The van der Waals surface area contributed by atoms with Crippen molar-refractivity contribution >= 4 is 12.0 Å². The molecule has 0 aromatic carbocycles. The van der Waals surface area contributed by atoms with Gasteiger partial charge < -0.3 is 14.8 Å². The average Bonchev–Trinajstić information content (AvgIpc) is 2.75. The molecule has 0 saturated carbocycles. The molecule has 1 aromatic rings. The van der Waals surface area contributed by atoms with Crippen molar-refractivity contribution in [3.63, 3.8) is 0 Å². The molecule has 2 N–H and O–H groups in total. The number of carbonyl (C=O) groups excluding carboxylic acids is 1. The number of hydrogen-bond acceptors (Lipinski definition) is 3. The van der Waals surface area contributed by atoms with Gasteiger partial charge in [-0.3, -0.25) is 4.79 Å². The maximum atomic E-state index is 11.5. The van der Waals surface area contributed by atoms with E-state index >= 15 is 0 Å². The van der Waals surface area contributed by atoms with E-state index in [4.69, 9.17) is 9.52 Å². The Morgan fingerprint density at radius 2 is 2.38 bits per heavy atom. The molecule has 1 amide bonds. The van der Waals surface area contributed by atoms with Crippen LogP contribution in [0.5, 0.6) is 0 Å². The third kappa shape index (κ3) is 3.90. The highest BCUT2D eigenvalue weighted by Crippen LogP contribution is 2.03. The molecule has 1 atom stereocenters. The summed E-state index contributed by atoms with van der Waals surface area (Å²) in [7, 11) is 0. The van der Waals surface area contributed by atoms with E-state index < -0.39 is 0 Å². The molecule has 1 unspecified atom stereocenters. The molecular weight excluding hydrogens is 206 g/mol. The number of aliphatic hydroxyl groups is 1. The van der Waals surface area contributed by atoms with Crippen LogP contribution in [0.3, 0.4) is 0 Å². The van der Waals surface area contributed by atoms with E-state index in [-0.39, 0.29) is 24.5 Å². The zero-order valence-electron chi connectivity index (χ0n) is 9.51. The molecule has 4 heteroatoms. The van der Waals surface area contributed by atoms with Crippen LogP contribution in [0.1, 0.15) is 19.6 Å². The van der Waals surface area contributed by atoms with Gasteiger partial charge in [-0.15, -0.1) is 0 Å². The Hall–Kier alpha value is -1.55. The summed E-state index contributed by atoms with van der Waals surface area (Å²) < 4.78 is 5.05. The summed E-state index contributed by atoms with van der Waals surface area (Å²) in [5, 5.41) is 11.8. The smallest absolute Gasteiger partial charge is 0.244 e. The van der Waals surface area contributed by atoms with E-state index in [1.165, 1.54) is 6.08 Å². The Labute approximate surface area is 95.0 Å². The molecule has 0 radical (unpaired) electrons. The van der Waals surface area contributed by atoms with Crippen molar-refractivity contribution in [2.45, 2.75) is 19.9 Å². The first kappa shape index (κ1) is 12.5. The van der Waals surface area contributed by atoms with Crippen LogP contribution in [0, 0.1) is 5.92 Å². The Morgan fingerprint density at radius 1 is 1.62 bits per heavy atom. The fourth-order valence-electron chi connectivity index (χ4n) is 1.20. The van der Waals surface area contributed by atoms with Gasteiger partial charge in [0, 0.05) is 6.08 Å². The lowest BCUT2D eigenvalue weighted by molar-refractivity contribution is -0.117. The van der Waals surface area contributed by atoms with Crippen LogP contribution >= 0.6 is 0 Å². The van der Waals surface area contributed by atoms with Gasteiger partial charge in [0.15, 0.2) is 0 Å². The second-order valence-corrected chi connectivity index (χ2v) is 3.89.